The topological polar surface area (TPSA) is 37.4 Å². The minimum Gasteiger partial charge on any atom is -0.340 e. The van der Waals surface area contributed by atoms with Gasteiger partial charge in [0.15, 0.2) is 5.78 Å². The monoisotopic (exact) mass is 173 g/mol. The number of ketones is 1. The summed E-state index contributed by atoms with van der Waals surface area (Å²) in [5.74, 6) is -1.37. The third kappa shape index (κ3) is 1.81. The van der Waals surface area contributed by atoms with Crippen LogP contribution in [0.5, 0.6) is 0 Å². The second-order valence-electron chi connectivity index (χ2n) is 3.01. The lowest BCUT2D eigenvalue weighted by molar-refractivity contribution is -0.141. The SMILES string of the molecule is CC(=O)[C@H](F)C(=O)N1CCCC1. The van der Waals surface area contributed by atoms with Gasteiger partial charge in [0.05, 0.1) is 0 Å². The fourth-order valence-electron chi connectivity index (χ4n) is 1.27. The smallest absolute Gasteiger partial charge is 0.264 e. The highest BCUT2D eigenvalue weighted by molar-refractivity contribution is 6.03. The van der Waals surface area contributed by atoms with Gasteiger partial charge in [-0.2, -0.15) is 0 Å². The Morgan fingerprint density at radius 2 is 1.83 bits per heavy atom. The second-order valence-corrected chi connectivity index (χ2v) is 3.01. The minimum atomic E-state index is -1.94. The Hall–Kier alpha value is -0.930. The Bertz CT molecular complexity index is 199. The van der Waals surface area contributed by atoms with E-state index in [1.807, 2.05) is 0 Å². The number of nitrogens with zero attached hydrogens (tertiary/aromatic N) is 1. The maximum Gasteiger partial charge on any atom is 0.264 e. The van der Waals surface area contributed by atoms with E-state index in [1.165, 1.54) is 4.90 Å². The van der Waals surface area contributed by atoms with E-state index in [0.717, 1.165) is 19.8 Å². The molecule has 1 saturated heterocycles. The molecule has 0 bridgehead atoms. The third-order valence-corrected chi connectivity index (χ3v) is 1.99. The zero-order chi connectivity index (χ0) is 9.14. The fourth-order valence-corrected chi connectivity index (χ4v) is 1.27. The van der Waals surface area contributed by atoms with Crippen LogP contribution in [0.1, 0.15) is 19.8 Å². The number of likely N-dealkylation sites (tertiary alicyclic amines) is 1. The standard InChI is InChI=1S/C8H12FNO2/c1-6(11)7(9)8(12)10-4-2-3-5-10/h7H,2-5H2,1H3/t7-/m0/s1. The lowest BCUT2D eigenvalue weighted by Gasteiger charge is -2.15. The molecule has 12 heavy (non-hydrogen) atoms. The summed E-state index contributed by atoms with van der Waals surface area (Å²) < 4.78 is 12.8. The minimum absolute atomic E-state index is 0.590. The van der Waals surface area contributed by atoms with Crippen molar-refractivity contribution in [3.63, 3.8) is 0 Å². The van der Waals surface area contributed by atoms with Crippen molar-refractivity contribution >= 4 is 11.7 Å². The summed E-state index contributed by atoms with van der Waals surface area (Å²) >= 11 is 0. The molecule has 0 aromatic heterocycles. The molecule has 0 spiro atoms. The van der Waals surface area contributed by atoms with Crippen LogP contribution in [0.2, 0.25) is 0 Å². The molecule has 1 rings (SSSR count). The molecule has 68 valence electrons. The molecule has 4 heteroatoms. The number of rotatable bonds is 2. The van der Waals surface area contributed by atoms with Gasteiger partial charge in [-0.15, -0.1) is 0 Å². The van der Waals surface area contributed by atoms with Gasteiger partial charge in [0, 0.05) is 13.1 Å². The zero-order valence-corrected chi connectivity index (χ0v) is 7.05. The molecule has 0 N–H and O–H groups in total. The average Bonchev–Trinajstić information content (AvgIpc) is 2.53. The Labute approximate surface area is 70.5 Å². The van der Waals surface area contributed by atoms with E-state index in [-0.39, 0.29) is 0 Å². The van der Waals surface area contributed by atoms with Crippen molar-refractivity contribution in [1.29, 1.82) is 0 Å². The zero-order valence-electron chi connectivity index (χ0n) is 7.05. The molecule has 1 aliphatic heterocycles. The van der Waals surface area contributed by atoms with Crippen molar-refractivity contribution in [2.75, 3.05) is 13.1 Å². The van der Waals surface area contributed by atoms with Crippen LogP contribution in [-0.4, -0.2) is 35.9 Å². The number of carbonyl (C=O) groups excluding carboxylic acids is 2. The van der Waals surface area contributed by atoms with Gasteiger partial charge in [-0.25, -0.2) is 4.39 Å². The number of hydrogen-bond donors (Lipinski definition) is 0. The van der Waals surface area contributed by atoms with Gasteiger partial charge in [0.25, 0.3) is 5.91 Å². The van der Waals surface area contributed by atoms with E-state index in [4.69, 9.17) is 0 Å². The van der Waals surface area contributed by atoms with Crippen molar-refractivity contribution in [2.24, 2.45) is 0 Å². The third-order valence-electron chi connectivity index (χ3n) is 1.99. The molecule has 0 aromatic rings. The van der Waals surface area contributed by atoms with Gasteiger partial charge < -0.3 is 4.90 Å². The predicted octanol–water partition coefficient (Wildman–Crippen LogP) is 0.536. The van der Waals surface area contributed by atoms with Gasteiger partial charge in [-0.3, -0.25) is 9.59 Å². The van der Waals surface area contributed by atoms with E-state index < -0.39 is 17.9 Å². The van der Waals surface area contributed by atoms with Crippen LogP contribution in [-0.2, 0) is 9.59 Å². The van der Waals surface area contributed by atoms with Crippen LogP contribution in [0, 0.1) is 0 Å². The largest absolute Gasteiger partial charge is 0.340 e. The summed E-state index contributed by atoms with van der Waals surface area (Å²) in [4.78, 5) is 23.0. The van der Waals surface area contributed by atoms with Gasteiger partial charge in [0.2, 0.25) is 6.17 Å². The molecule has 1 amide bonds. The lowest BCUT2D eigenvalue weighted by atomic mass is 10.2. The molecule has 1 aliphatic rings. The van der Waals surface area contributed by atoms with Crippen LogP contribution in [0.25, 0.3) is 0 Å². The Morgan fingerprint density at radius 3 is 2.25 bits per heavy atom. The van der Waals surface area contributed by atoms with Crippen LogP contribution in [0.4, 0.5) is 4.39 Å². The summed E-state index contributed by atoms with van der Waals surface area (Å²) in [5, 5.41) is 0. The first-order valence-electron chi connectivity index (χ1n) is 4.06. The molecule has 1 heterocycles. The Morgan fingerprint density at radius 1 is 1.33 bits per heavy atom. The Balaban J connectivity index is 2.51. The van der Waals surface area contributed by atoms with E-state index >= 15 is 0 Å². The van der Waals surface area contributed by atoms with Gasteiger partial charge in [-0.1, -0.05) is 0 Å². The summed E-state index contributed by atoms with van der Waals surface area (Å²) in [5.41, 5.74) is 0. The van der Waals surface area contributed by atoms with Gasteiger partial charge in [-0.05, 0) is 19.8 Å². The van der Waals surface area contributed by atoms with E-state index in [9.17, 15) is 14.0 Å². The van der Waals surface area contributed by atoms with Crippen LogP contribution in [0.3, 0.4) is 0 Å². The molecule has 3 nitrogen and oxygen atoms in total. The first-order chi connectivity index (χ1) is 5.63. The van der Waals surface area contributed by atoms with Crippen molar-refractivity contribution < 1.29 is 14.0 Å². The molecule has 0 aromatic carbocycles. The van der Waals surface area contributed by atoms with Gasteiger partial charge in [0.1, 0.15) is 0 Å². The van der Waals surface area contributed by atoms with Crippen LogP contribution < -0.4 is 0 Å². The van der Waals surface area contributed by atoms with Crippen LogP contribution in [0.15, 0.2) is 0 Å². The molecule has 1 atom stereocenters. The summed E-state index contributed by atoms with van der Waals surface area (Å²) in [6, 6.07) is 0. The number of alkyl halides is 1. The quantitative estimate of drug-likeness (QED) is 0.571. The molecule has 0 unspecified atom stereocenters. The number of hydrogen-bond acceptors (Lipinski definition) is 2. The number of halogens is 1. The normalized spacial score (nSPS) is 19.3. The molecular weight excluding hydrogens is 161 g/mol. The molecule has 0 aliphatic carbocycles. The van der Waals surface area contributed by atoms with E-state index in [1.54, 1.807) is 0 Å². The second kappa shape index (κ2) is 3.65. The first-order valence-corrected chi connectivity index (χ1v) is 4.06. The van der Waals surface area contributed by atoms with Gasteiger partial charge >= 0.3 is 0 Å². The molecule has 1 fully saturated rings. The number of carbonyl (C=O) groups is 2. The number of amides is 1. The molecule has 0 radical (unpaired) electrons. The van der Waals surface area contributed by atoms with Crippen molar-refractivity contribution in [2.45, 2.75) is 25.9 Å². The summed E-state index contributed by atoms with van der Waals surface area (Å²) in [6.07, 6.45) is -0.115. The summed E-state index contributed by atoms with van der Waals surface area (Å²) in [7, 11) is 0. The van der Waals surface area contributed by atoms with Crippen molar-refractivity contribution in [3.05, 3.63) is 0 Å². The highest BCUT2D eigenvalue weighted by atomic mass is 19.1. The highest BCUT2D eigenvalue weighted by Crippen LogP contribution is 2.10. The predicted molar refractivity (Wildman–Crippen MR) is 41.4 cm³/mol. The van der Waals surface area contributed by atoms with Crippen molar-refractivity contribution in [3.8, 4) is 0 Å². The maximum absolute atomic E-state index is 12.8. The lowest BCUT2D eigenvalue weighted by Crippen LogP contribution is -2.38. The highest BCUT2D eigenvalue weighted by Gasteiger charge is 2.28. The average molecular weight is 173 g/mol. The first kappa shape index (κ1) is 9.16. The number of Topliss-reactive ketones (excluding diaryl/α,β-unsaturated/α-hetero) is 1. The molecule has 0 saturated carbocycles. The Kier molecular flexibility index (Phi) is 2.78. The van der Waals surface area contributed by atoms with E-state index in [2.05, 4.69) is 0 Å². The molecular formula is C8H12FNO2. The van der Waals surface area contributed by atoms with E-state index in [0.29, 0.717) is 13.1 Å². The summed E-state index contributed by atoms with van der Waals surface area (Å²) in [6.45, 7) is 2.28. The van der Waals surface area contributed by atoms with Crippen molar-refractivity contribution in [1.82, 2.24) is 4.90 Å². The fraction of sp³-hybridized carbons (Fsp3) is 0.750. The maximum atomic E-state index is 12.8. The van der Waals surface area contributed by atoms with Crippen LogP contribution >= 0.6 is 0 Å².